The molecule has 3 nitrogen and oxygen atoms in total. The molecule has 0 spiro atoms. The molecule has 1 aliphatic rings. The van der Waals surface area contributed by atoms with Gasteiger partial charge < -0.3 is 4.74 Å². The van der Waals surface area contributed by atoms with Crippen LogP contribution in [0.3, 0.4) is 0 Å². The van der Waals surface area contributed by atoms with Crippen molar-refractivity contribution in [3.63, 3.8) is 0 Å². The van der Waals surface area contributed by atoms with Crippen molar-refractivity contribution in [2.75, 3.05) is 13.2 Å². The Balaban J connectivity index is 2.05. The summed E-state index contributed by atoms with van der Waals surface area (Å²) in [4.78, 5) is 0. The Morgan fingerprint density at radius 2 is 2.00 bits per heavy atom. The Kier molecular flexibility index (Phi) is 4.97. The lowest BCUT2D eigenvalue weighted by atomic mass is 9.90. The maximum Gasteiger partial charge on any atom is 0.0495 e. The van der Waals surface area contributed by atoms with Gasteiger partial charge in [0.15, 0.2) is 0 Å². The molecule has 3 heteroatoms. The average Bonchev–Trinajstić information content (AvgIpc) is 2.84. The summed E-state index contributed by atoms with van der Waals surface area (Å²) < 4.78 is 5.45. The number of nitrogens with two attached hydrogens (primary N) is 1. The fraction of sp³-hybridized carbons (Fsp3) is 0.625. The van der Waals surface area contributed by atoms with E-state index in [1.165, 1.54) is 28.7 Å². The first-order valence-corrected chi connectivity index (χ1v) is 7.20. The minimum absolute atomic E-state index is 0.340. The topological polar surface area (TPSA) is 47.3 Å². The van der Waals surface area contributed by atoms with Gasteiger partial charge in [-0.2, -0.15) is 0 Å². The van der Waals surface area contributed by atoms with Gasteiger partial charge in [0.1, 0.15) is 0 Å². The summed E-state index contributed by atoms with van der Waals surface area (Å²) in [5.74, 6) is 6.40. The zero-order valence-electron chi connectivity index (χ0n) is 12.3. The summed E-state index contributed by atoms with van der Waals surface area (Å²) >= 11 is 0. The SMILES string of the molecule is Cc1cc(C)c(CC(CC2CCOC2)NN)c(C)c1. The van der Waals surface area contributed by atoms with Gasteiger partial charge in [-0.05, 0) is 62.6 Å². The van der Waals surface area contributed by atoms with E-state index in [1.807, 2.05) is 0 Å². The minimum atomic E-state index is 0.340. The van der Waals surface area contributed by atoms with Crippen LogP contribution in [0.4, 0.5) is 0 Å². The minimum Gasteiger partial charge on any atom is -0.381 e. The summed E-state index contributed by atoms with van der Waals surface area (Å²) in [5.41, 5.74) is 8.51. The molecule has 3 N–H and O–H groups in total. The van der Waals surface area contributed by atoms with Crippen molar-refractivity contribution in [2.24, 2.45) is 11.8 Å². The molecule has 1 saturated heterocycles. The van der Waals surface area contributed by atoms with Gasteiger partial charge in [-0.3, -0.25) is 11.3 Å². The zero-order valence-corrected chi connectivity index (χ0v) is 12.3. The van der Waals surface area contributed by atoms with E-state index in [0.29, 0.717) is 12.0 Å². The molecule has 0 aliphatic carbocycles. The summed E-state index contributed by atoms with van der Waals surface area (Å²) in [5, 5.41) is 0. The maximum atomic E-state index is 5.74. The molecule has 1 aromatic rings. The second kappa shape index (κ2) is 6.51. The molecule has 1 aliphatic heterocycles. The normalized spacial score (nSPS) is 20.7. The fourth-order valence-corrected chi connectivity index (χ4v) is 3.16. The predicted octanol–water partition coefficient (Wildman–Crippen LogP) is 2.41. The van der Waals surface area contributed by atoms with E-state index < -0.39 is 0 Å². The summed E-state index contributed by atoms with van der Waals surface area (Å²) in [6.45, 7) is 8.34. The molecule has 2 unspecified atom stereocenters. The van der Waals surface area contributed by atoms with Crippen molar-refractivity contribution >= 4 is 0 Å². The number of hydrazine groups is 1. The van der Waals surface area contributed by atoms with Gasteiger partial charge in [0.25, 0.3) is 0 Å². The Hall–Kier alpha value is -0.900. The highest BCUT2D eigenvalue weighted by molar-refractivity contribution is 5.38. The van der Waals surface area contributed by atoms with Crippen molar-refractivity contribution in [3.05, 3.63) is 34.4 Å². The Morgan fingerprint density at radius 3 is 2.53 bits per heavy atom. The van der Waals surface area contributed by atoms with Crippen LogP contribution in [-0.2, 0) is 11.2 Å². The van der Waals surface area contributed by atoms with E-state index in [4.69, 9.17) is 10.6 Å². The molecule has 106 valence electrons. The molecule has 2 rings (SSSR count). The summed E-state index contributed by atoms with van der Waals surface area (Å²) in [7, 11) is 0. The predicted molar refractivity (Wildman–Crippen MR) is 79.0 cm³/mol. The molecule has 1 heterocycles. The number of hydrogen-bond acceptors (Lipinski definition) is 3. The smallest absolute Gasteiger partial charge is 0.0495 e. The average molecular weight is 262 g/mol. The van der Waals surface area contributed by atoms with Crippen LogP contribution in [0.5, 0.6) is 0 Å². The number of aryl methyl sites for hydroxylation is 3. The summed E-state index contributed by atoms with van der Waals surface area (Å²) in [6.07, 6.45) is 3.28. The van der Waals surface area contributed by atoms with E-state index in [0.717, 1.165) is 26.1 Å². The van der Waals surface area contributed by atoms with Gasteiger partial charge in [0.05, 0.1) is 0 Å². The molecule has 1 fully saturated rings. The van der Waals surface area contributed by atoms with Crippen molar-refractivity contribution in [2.45, 2.75) is 46.1 Å². The van der Waals surface area contributed by atoms with Crippen LogP contribution < -0.4 is 11.3 Å². The van der Waals surface area contributed by atoms with Gasteiger partial charge in [-0.25, -0.2) is 0 Å². The third-order valence-corrected chi connectivity index (χ3v) is 4.17. The first-order chi connectivity index (χ1) is 9.10. The summed E-state index contributed by atoms with van der Waals surface area (Å²) in [6, 6.07) is 4.86. The monoisotopic (exact) mass is 262 g/mol. The van der Waals surface area contributed by atoms with Gasteiger partial charge >= 0.3 is 0 Å². The molecule has 0 saturated carbocycles. The first kappa shape index (κ1) is 14.5. The van der Waals surface area contributed by atoms with Crippen LogP contribution >= 0.6 is 0 Å². The molecular formula is C16H26N2O. The lowest BCUT2D eigenvalue weighted by Gasteiger charge is -2.21. The highest BCUT2D eigenvalue weighted by Crippen LogP contribution is 2.23. The van der Waals surface area contributed by atoms with Crippen LogP contribution in [-0.4, -0.2) is 19.3 Å². The third kappa shape index (κ3) is 3.78. The molecular weight excluding hydrogens is 236 g/mol. The van der Waals surface area contributed by atoms with Crippen LogP contribution in [0.2, 0.25) is 0 Å². The number of benzene rings is 1. The van der Waals surface area contributed by atoms with Gasteiger partial charge in [0.2, 0.25) is 0 Å². The Bertz CT molecular complexity index is 402. The molecule has 0 amide bonds. The molecule has 0 bridgehead atoms. The van der Waals surface area contributed by atoms with E-state index in [1.54, 1.807) is 0 Å². The van der Waals surface area contributed by atoms with Crippen LogP contribution in [0.1, 0.15) is 35.1 Å². The zero-order chi connectivity index (χ0) is 13.8. The van der Waals surface area contributed by atoms with Crippen molar-refractivity contribution in [1.29, 1.82) is 0 Å². The highest BCUT2D eigenvalue weighted by Gasteiger charge is 2.21. The lowest BCUT2D eigenvalue weighted by Crippen LogP contribution is -2.38. The highest BCUT2D eigenvalue weighted by atomic mass is 16.5. The quantitative estimate of drug-likeness (QED) is 0.633. The number of rotatable bonds is 5. The van der Waals surface area contributed by atoms with Gasteiger partial charge in [-0.1, -0.05) is 17.7 Å². The largest absolute Gasteiger partial charge is 0.381 e. The second-order valence-electron chi connectivity index (χ2n) is 5.91. The van der Waals surface area contributed by atoms with E-state index >= 15 is 0 Å². The number of hydrogen-bond donors (Lipinski definition) is 2. The second-order valence-corrected chi connectivity index (χ2v) is 5.91. The van der Waals surface area contributed by atoms with E-state index in [9.17, 15) is 0 Å². The van der Waals surface area contributed by atoms with Crippen molar-refractivity contribution in [3.8, 4) is 0 Å². The molecule has 0 radical (unpaired) electrons. The van der Waals surface area contributed by atoms with E-state index in [-0.39, 0.29) is 0 Å². The van der Waals surface area contributed by atoms with Crippen molar-refractivity contribution in [1.82, 2.24) is 5.43 Å². The first-order valence-electron chi connectivity index (χ1n) is 7.20. The molecule has 0 aromatic heterocycles. The molecule has 1 aromatic carbocycles. The Morgan fingerprint density at radius 1 is 1.32 bits per heavy atom. The fourth-order valence-electron chi connectivity index (χ4n) is 3.16. The standard InChI is InChI=1S/C16H26N2O/c1-11-6-12(2)16(13(3)7-11)9-15(18-17)8-14-4-5-19-10-14/h6-7,14-15,18H,4-5,8-10,17H2,1-3H3. The van der Waals surface area contributed by atoms with Gasteiger partial charge in [-0.15, -0.1) is 0 Å². The number of ether oxygens (including phenoxy) is 1. The Labute approximate surface area is 116 Å². The van der Waals surface area contributed by atoms with Crippen LogP contribution in [0.25, 0.3) is 0 Å². The van der Waals surface area contributed by atoms with Crippen LogP contribution in [0.15, 0.2) is 12.1 Å². The number of nitrogens with one attached hydrogen (secondary N) is 1. The third-order valence-electron chi connectivity index (χ3n) is 4.17. The maximum absolute atomic E-state index is 5.74. The van der Waals surface area contributed by atoms with Gasteiger partial charge in [0, 0.05) is 19.3 Å². The molecule has 19 heavy (non-hydrogen) atoms. The lowest BCUT2D eigenvalue weighted by molar-refractivity contribution is 0.181. The van der Waals surface area contributed by atoms with Crippen molar-refractivity contribution < 1.29 is 4.74 Å². The molecule has 2 atom stereocenters. The van der Waals surface area contributed by atoms with Crippen LogP contribution in [0, 0.1) is 26.7 Å². The van der Waals surface area contributed by atoms with E-state index in [2.05, 4.69) is 38.3 Å².